The lowest BCUT2D eigenvalue weighted by Crippen LogP contribution is -2.23. The molecule has 3 aromatic rings. The molecule has 7 nitrogen and oxygen atoms in total. The molecule has 0 spiro atoms. The molecule has 168 valence electrons. The number of sulfonamides is 1. The predicted molar refractivity (Wildman–Crippen MR) is 133 cm³/mol. The van der Waals surface area contributed by atoms with Gasteiger partial charge in [-0.1, -0.05) is 37.3 Å². The highest BCUT2D eigenvalue weighted by Crippen LogP contribution is 2.40. The van der Waals surface area contributed by atoms with Crippen LogP contribution in [0.5, 0.6) is 0 Å². The van der Waals surface area contributed by atoms with Crippen molar-refractivity contribution in [2.75, 3.05) is 24.3 Å². The molecule has 1 aromatic heterocycles. The highest BCUT2D eigenvalue weighted by Gasteiger charge is 2.24. The van der Waals surface area contributed by atoms with E-state index in [-0.39, 0.29) is 10.0 Å². The van der Waals surface area contributed by atoms with E-state index < -0.39 is 16.0 Å². The van der Waals surface area contributed by atoms with E-state index >= 15 is 0 Å². The summed E-state index contributed by atoms with van der Waals surface area (Å²) in [6.07, 6.45) is 0. The van der Waals surface area contributed by atoms with E-state index in [0.29, 0.717) is 22.8 Å². The zero-order valence-electron chi connectivity index (χ0n) is 17.8. The SMILES string of the molecule is CCNS(=O)(=O)c1ccc(NC(=S)Nc2sc(C)c(-c3ccccc3)c2C(=O)OC)cc1. The molecular formula is C22H23N3O4S3. The fraction of sp³-hybridized carbons (Fsp3) is 0.182. The molecule has 0 saturated carbocycles. The molecule has 0 aliphatic rings. The third-order valence-corrected chi connectivity index (χ3v) is 7.31. The Hall–Kier alpha value is -2.79. The van der Waals surface area contributed by atoms with Crippen LogP contribution in [0.2, 0.25) is 0 Å². The van der Waals surface area contributed by atoms with Crippen molar-refractivity contribution in [3.8, 4) is 11.1 Å². The number of benzene rings is 2. The van der Waals surface area contributed by atoms with Crippen LogP contribution in [-0.4, -0.2) is 33.2 Å². The van der Waals surface area contributed by atoms with Gasteiger partial charge in [0.15, 0.2) is 5.11 Å². The summed E-state index contributed by atoms with van der Waals surface area (Å²) in [5.41, 5.74) is 2.73. The number of carbonyl (C=O) groups excluding carboxylic acids is 1. The number of carbonyl (C=O) groups is 1. The number of hydrogen-bond acceptors (Lipinski definition) is 6. The van der Waals surface area contributed by atoms with Gasteiger partial charge < -0.3 is 15.4 Å². The Labute approximate surface area is 196 Å². The molecule has 0 aliphatic carbocycles. The highest BCUT2D eigenvalue weighted by atomic mass is 32.2. The van der Waals surface area contributed by atoms with Crippen LogP contribution in [0.1, 0.15) is 22.2 Å². The monoisotopic (exact) mass is 489 g/mol. The first-order valence-corrected chi connectivity index (χ1v) is 12.4. The molecule has 0 amide bonds. The number of methoxy groups -OCH3 is 1. The van der Waals surface area contributed by atoms with Gasteiger partial charge in [0.1, 0.15) is 10.6 Å². The lowest BCUT2D eigenvalue weighted by molar-refractivity contribution is 0.0603. The van der Waals surface area contributed by atoms with Crippen molar-refractivity contribution in [2.24, 2.45) is 0 Å². The minimum Gasteiger partial charge on any atom is -0.465 e. The topological polar surface area (TPSA) is 96.5 Å². The molecule has 0 saturated heterocycles. The Balaban J connectivity index is 1.83. The molecule has 1 heterocycles. The van der Waals surface area contributed by atoms with Crippen LogP contribution in [-0.2, 0) is 14.8 Å². The van der Waals surface area contributed by atoms with Crippen LogP contribution in [0, 0.1) is 6.92 Å². The molecular weight excluding hydrogens is 466 g/mol. The van der Waals surface area contributed by atoms with Gasteiger partial charge >= 0.3 is 5.97 Å². The van der Waals surface area contributed by atoms with Crippen LogP contribution in [0.3, 0.4) is 0 Å². The van der Waals surface area contributed by atoms with Crippen LogP contribution in [0.25, 0.3) is 11.1 Å². The van der Waals surface area contributed by atoms with Crippen LogP contribution < -0.4 is 15.4 Å². The number of thiocarbonyl (C=S) groups is 1. The number of esters is 1. The van der Waals surface area contributed by atoms with Gasteiger partial charge in [0, 0.05) is 22.7 Å². The first-order chi connectivity index (χ1) is 15.3. The van der Waals surface area contributed by atoms with Gasteiger partial charge in [-0.25, -0.2) is 17.9 Å². The van der Waals surface area contributed by atoms with Crippen molar-refractivity contribution in [1.82, 2.24) is 4.72 Å². The van der Waals surface area contributed by atoms with Gasteiger partial charge in [0.25, 0.3) is 0 Å². The summed E-state index contributed by atoms with van der Waals surface area (Å²) in [7, 11) is -2.19. The average Bonchev–Trinajstić information content (AvgIpc) is 3.09. The van der Waals surface area contributed by atoms with Crippen molar-refractivity contribution < 1.29 is 17.9 Å². The summed E-state index contributed by atoms with van der Waals surface area (Å²) in [6.45, 7) is 3.96. The van der Waals surface area contributed by atoms with E-state index in [1.807, 2.05) is 37.3 Å². The lowest BCUT2D eigenvalue weighted by Gasteiger charge is -2.12. The number of rotatable bonds is 7. The van der Waals surface area contributed by atoms with E-state index in [0.717, 1.165) is 16.0 Å². The molecule has 0 radical (unpaired) electrons. The smallest absolute Gasteiger partial charge is 0.341 e. The largest absolute Gasteiger partial charge is 0.465 e. The fourth-order valence-corrected chi connectivity index (χ4v) is 5.53. The standard InChI is InChI=1S/C22H23N3O4S3/c1-4-23-32(27,28)17-12-10-16(11-13-17)24-22(30)25-20-19(21(26)29-3)18(14(2)31-20)15-8-6-5-7-9-15/h5-13,23H,4H2,1-3H3,(H2,24,25,30). The van der Waals surface area contributed by atoms with E-state index in [2.05, 4.69) is 15.4 Å². The van der Waals surface area contributed by atoms with E-state index in [1.165, 1.54) is 30.6 Å². The number of thiophene rings is 1. The number of nitrogens with one attached hydrogen (secondary N) is 3. The van der Waals surface area contributed by atoms with Gasteiger partial charge in [-0.05, 0) is 49.0 Å². The van der Waals surface area contributed by atoms with E-state index in [9.17, 15) is 13.2 Å². The normalized spacial score (nSPS) is 11.1. The quantitative estimate of drug-likeness (QED) is 0.329. The van der Waals surface area contributed by atoms with E-state index in [1.54, 1.807) is 19.1 Å². The third kappa shape index (κ3) is 5.33. The Kier molecular flexibility index (Phi) is 7.62. The molecule has 0 unspecified atom stereocenters. The number of anilines is 2. The second-order valence-corrected chi connectivity index (χ2v) is 10.1. The van der Waals surface area contributed by atoms with Gasteiger partial charge in [-0.3, -0.25) is 0 Å². The Morgan fingerprint density at radius 2 is 1.72 bits per heavy atom. The fourth-order valence-electron chi connectivity index (χ4n) is 3.14. The molecule has 0 bridgehead atoms. The Morgan fingerprint density at radius 3 is 2.31 bits per heavy atom. The summed E-state index contributed by atoms with van der Waals surface area (Å²) < 4.78 is 31.6. The summed E-state index contributed by atoms with van der Waals surface area (Å²) in [6, 6.07) is 15.8. The minimum absolute atomic E-state index is 0.165. The summed E-state index contributed by atoms with van der Waals surface area (Å²) in [5, 5.41) is 6.92. The maximum absolute atomic E-state index is 12.6. The average molecular weight is 490 g/mol. The van der Waals surface area contributed by atoms with Crippen molar-refractivity contribution >= 4 is 55.3 Å². The molecule has 32 heavy (non-hydrogen) atoms. The van der Waals surface area contributed by atoms with Crippen molar-refractivity contribution in [2.45, 2.75) is 18.7 Å². The Bertz CT molecular complexity index is 1220. The van der Waals surface area contributed by atoms with Crippen LogP contribution in [0.4, 0.5) is 10.7 Å². The first-order valence-electron chi connectivity index (χ1n) is 9.71. The molecule has 3 rings (SSSR count). The lowest BCUT2D eigenvalue weighted by atomic mass is 10.0. The van der Waals surface area contributed by atoms with Gasteiger partial charge in [-0.15, -0.1) is 11.3 Å². The third-order valence-electron chi connectivity index (χ3n) is 4.52. The zero-order chi connectivity index (χ0) is 23.3. The first kappa shape index (κ1) is 23.9. The molecule has 0 atom stereocenters. The molecule has 0 fully saturated rings. The maximum atomic E-state index is 12.6. The number of ether oxygens (including phenoxy) is 1. The molecule has 3 N–H and O–H groups in total. The number of aryl methyl sites for hydroxylation is 1. The number of hydrogen-bond donors (Lipinski definition) is 3. The minimum atomic E-state index is -3.53. The Morgan fingerprint density at radius 1 is 1.06 bits per heavy atom. The predicted octanol–water partition coefficient (Wildman–Crippen LogP) is 4.62. The molecule has 2 aromatic carbocycles. The zero-order valence-corrected chi connectivity index (χ0v) is 20.2. The second kappa shape index (κ2) is 10.2. The summed E-state index contributed by atoms with van der Waals surface area (Å²) in [5.74, 6) is -0.462. The summed E-state index contributed by atoms with van der Waals surface area (Å²) in [4.78, 5) is 13.7. The van der Waals surface area contributed by atoms with Gasteiger partial charge in [-0.2, -0.15) is 0 Å². The van der Waals surface area contributed by atoms with Gasteiger partial charge in [0.2, 0.25) is 10.0 Å². The maximum Gasteiger partial charge on any atom is 0.341 e. The van der Waals surface area contributed by atoms with Crippen molar-refractivity contribution in [3.63, 3.8) is 0 Å². The second-order valence-electron chi connectivity index (χ2n) is 6.70. The highest BCUT2D eigenvalue weighted by molar-refractivity contribution is 7.89. The summed E-state index contributed by atoms with van der Waals surface area (Å²) >= 11 is 6.82. The molecule has 10 heteroatoms. The van der Waals surface area contributed by atoms with Crippen LogP contribution in [0.15, 0.2) is 59.5 Å². The molecule has 0 aliphatic heterocycles. The van der Waals surface area contributed by atoms with Gasteiger partial charge in [0.05, 0.1) is 12.0 Å². The van der Waals surface area contributed by atoms with E-state index in [4.69, 9.17) is 17.0 Å². The van der Waals surface area contributed by atoms with Crippen molar-refractivity contribution in [1.29, 1.82) is 0 Å². The van der Waals surface area contributed by atoms with Crippen LogP contribution >= 0.6 is 23.6 Å². The van der Waals surface area contributed by atoms with Crippen molar-refractivity contribution in [3.05, 3.63) is 65.0 Å².